The second-order valence-electron chi connectivity index (χ2n) is 5.85. The van der Waals surface area contributed by atoms with E-state index in [2.05, 4.69) is 22.3 Å². The average Bonchev–Trinajstić information content (AvgIpc) is 2.65. The quantitative estimate of drug-likeness (QED) is 0.882. The van der Waals surface area contributed by atoms with Crippen molar-refractivity contribution in [3.63, 3.8) is 0 Å². The molecule has 0 aliphatic carbocycles. The number of carbonyl (C=O) groups excluding carboxylic acids is 1. The predicted molar refractivity (Wildman–Crippen MR) is 75.6 cm³/mol. The zero-order valence-corrected chi connectivity index (χ0v) is 11.4. The number of amides is 1. The Hall–Kier alpha value is -1.35. The van der Waals surface area contributed by atoms with Crippen molar-refractivity contribution in [3.8, 4) is 0 Å². The van der Waals surface area contributed by atoms with Crippen molar-refractivity contribution >= 4 is 5.91 Å². The second kappa shape index (κ2) is 5.33. The summed E-state index contributed by atoms with van der Waals surface area (Å²) in [7, 11) is 0. The van der Waals surface area contributed by atoms with E-state index in [1.54, 1.807) is 0 Å². The first-order chi connectivity index (χ1) is 9.30. The minimum Gasteiger partial charge on any atom is -0.338 e. The van der Waals surface area contributed by atoms with Gasteiger partial charge in [0.15, 0.2) is 0 Å². The molecule has 1 amide bonds. The van der Waals surface area contributed by atoms with Crippen LogP contribution in [-0.2, 0) is 11.3 Å². The third-order valence-electron chi connectivity index (χ3n) is 4.61. The van der Waals surface area contributed by atoms with Crippen LogP contribution in [0.4, 0.5) is 0 Å². The van der Waals surface area contributed by atoms with Crippen molar-refractivity contribution in [2.24, 2.45) is 5.41 Å². The van der Waals surface area contributed by atoms with E-state index in [0.29, 0.717) is 5.91 Å². The van der Waals surface area contributed by atoms with E-state index in [-0.39, 0.29) is 5.41 Å². The summed E-state index contributed by atoms with van der Waals surface area (Å²) in [5.74, 6) is 0.389. The molecule has 1 atom stereocenters. The minimum absolute atomic E-state index is 0.0573. The van der Waals surface area contributed by atoms with Crippen LogP contribution in [0.15, 0.2) is 30.3 Å². The van der Waals surface area contributed by atoms with E-state index in [0.717, 1.165) is 51.9 Å². The summed E-state index contributed by atoms with van der Waals surface area (Å²) in [6.45, 7) is 3.75. The van der Waals surface area contributed by atoms with Gasteiger partial charge < -0.3 is 10.2 Å². The van der Waals surface area contributed by atoms with Gasteiger partial charge in [0, 0.05) is 13.1 Å². The predicted octanol–water partition coefficient (Wildman–Crippen LogP) is 2.18. The van der Waals surface area contributed by atoms with Gasteiger partial charge in [0.1, 0.15) is 0 Å². The fourth-order valence-corrected chi connectivity index (χ4v) is 3.44. The number of benzene rings is 1. The van der Waals surface area contributed by atoms with E-state index in [1.165, 1.54) is 5.56 Å². The summed E-state index contributed by atoms with van der Waals surface area (Å²) in [6, 6.07) is 10.3. The number of nitrogens with one attached hydrogen (secondary N) is 1. The maximum Gasteiger partial charge on any atom is 0.229 e. The summed E-state index contributed by atoms with van der Waals surface area (Å²) < 4.78 is 0. The first-order valence-electron chi connectivity index (χ1n) is 7.34. The molecule has 0 aromatic heterocycles. The molecule has 1 aromatic rings. The highest BCUT2D eigenvalue weighted by molar-refractivity contribution is 5.84. The Morgan fingerprint density at radius 3 is 2.79 bits per heavy atom. The van der Waals surface area contributed by atoms with Crippen LogP contribution in [0.1, 0.15) is 31.2 Å². The van der Waals surface area contributed by atoms with Crippen LogP contribution >= 0.6 is 0 Å². The third-order valence-corrected chi connectivity index (χ3v) is 4.61. The molecule has 2 aliphatic rings. The molecule has 0 radical (unpaired) electrons. The Labute approximate surface area is 115 Å². The summed E-state index contributed by atoms with van der Waals surface area (Å²) in [5.41, 5.74) is 1.18. The van der Waals surface area contributed by atoms with Gasteiger partial charge in [-0.15, -0.1) is 0 Å². The van der Waals surface area contributed by atoms with Crippen LogP contribution in [-0.4, -0.2) is 30.4 Å². The van der Waals surface area contributed by atoms with Crippen LogP contribution in [0.2, 0.25) is 0 Å². The normalized spacial score (nSPS) is 27.8. The summed E-state index contributed by atoms with van der Waals surface area (Å²) >= 11 is 0. The van der Waals surface area contributed by atoms with Gasteiger partial charge in [-0.1, -0.05) is 30.3 Å². The molecule has 1 N–H and O–H groups in total. The summed E-state index contributed by atoms with van der Waals surface area (Å²) in [4.78, 5) is 14.8. The molecule has 102 valence electrons. The minimum atomic E-state index is -0.0573. The van der Waals surface area contributed by atoms with E-state index in [4.69, 9.17) is 0 Å². The topological polar surface area (TPSA) is 32.3 Å². The van der Waals surface area contributed by atoms with Crippen molar-refractivity contribution < 1.29 is 4.79 Å². The molecule has 2 saturated heterocycles. The molecule has 2 heterocycles. The van der Waals surface area contributed by atoms with Gasteiger partial charge in [0.05, 0.1) is 5.41 Å². The van der Waals surface area contributed by atoms with Gasteiger partial charge >= 0.3 is 0 Å². The lowest BCUT2D eigenvalue weighted by atomic mass is 9.79. The first-order valence-corrected chi connectivity index (χ1v) is 7.34. The van der Waals surface area contributed by atoms with Crippen molar-refractivity contribution in [1.82, 2.24) is 10.2 Å². The van der Waals surface area contributed by atoms with Gasteiger partial charge in [0.25, 0.3) is 0 Å². The van der Waals surface area contributed by atoms with Gasteiger partial charge in [0.2, 0.25) is 5.91 Å². The number of likely N-dealkylation sites (tertiary alicyclic amines) is 1. The standard InChI is InChI=1S/C16H22N2O/c19-15-16(7-4-10-17-11-8-16)9-12-18(15)13-14-5-2-1-3-6-14/h1-3,5-6,17H,4,7-13H2. The Bertz CT molecular complexity index is 435. The molecular formula is C16H22N2O. The first kappa shape index (κ1) is 12.7. The Morgan fingerprint density at radius 2 is 1.95 bits per heavy atom. The van der Waals surface area contributed by atoms with Crippen LogP contribution in [0.3, 0.4) is 0 Å². The van der Waals surface area contributed by atoms with Gasteiger partial charge in [-0.3, -0.25) is 4.79 Å². The van der Waals surface area contributed by atoms with Crippen LogP contribution in [0.5, 0.6) is 0 Å². The fraction of sp³-hybridized carbons (Fsp3) is 0.562. The van der Waals surface area contributed by atoms with Gasteiger partial charge in [-0.25, -0.2) is 0 Å². The zero-order valence-electron chi connectivity index (χ0n) is 11.4. The van der Waals surface area contributed by atoms with E-state index in [1.807, 2.05) is 18.2 Å². The van der Waals surface area contributed by atoms with Crippen LogP contribution in [0.25, 0.3) is 0 Å². The third kappa shape index (κ3) is 2.52. The van der Waals surface area contributed by atoms with E-state index >= 15 is 0 Å². The molecule has 19 heavy (non-hydrogen) atoms. The van der Waals surface area contributed by atoms with Gasteiger partial charge in [-0.2, -0.15) is 0 Å². The lowest BCUT2D eigenvalue weighted by Gasteiger charge is -2.26. The highest BCUT2D eigenvalue weighted by Gasteiger charge is 2.45. The summed E-state index contributed by atoms with van der Waals surface area (Å²) in [5, 5.41) is 3.41. The van der Waals surface area contributed by atoms with Gasteiger partial charge in [-0.05, 0) is 44.3 Å². The molecule has 3 nitrogen and oxygen atoms in total. The Balaban J connectivity index is 1.71. The van der Waals surface area contributed by atoms with Crippen molar-refractivity contribution in [2.75, 3.05) is 19.6 Å². The molecule has 0 saturated carbocycles. The Kier molecular flexibility index (Phi) is 3.56. The molecular weight excluding hydrogens is 236 g/mol. The lowest BCUT2D eigenvalue weighted by Crippen LogP contribution is -2.35. The Morgan fingerprint density at radius 1 is 1.11 bits per heavy atom. The molecule has 2 fully saturated rings. The molecule has 1 spiro atoms. The van der Waals surface area contributed by atoms with Crippen molar-refractivity contribution in [3.05, 3.63) is 35.9 Å². The maximum atomic E-state index is 12.7. The molecule has 3 rings (SSSR count). The largest absolute Gasteiger partial charge is 0.338 e. The highest BCUT2D eigenvalue weighted by Crippen LogP contribution is 2.40. The fourth-order valence-electron chi connectivity index (χ4n) is 3.44. The molecule has 1 aromatic carbocycles. The van der Waals surface area contributed by atoms with Crippen LogP contribution < -0.4 is 5.32 Å². The number of hydrogen-bond donors (Lipinski definition) is 1. The zero-order chi connectivity index (χ0) is 13.1. The maximum absolute atomic E-state index is 12.7. The number of nitrogens with zero attached hydrogens (tertiary/aromatic N) is 1. The monoisotopic (exact) mass is 258 g/mol. The second-order valence-corrected chi connectivity index (χ2v) is 5.85. The number of carbonyl (C=O) groups is 1. The molecule has 3 heteroatoms. The summed E-state index contributed by atoms with van der Waals surface area (Å²) in [6.07, 6.45) is 4.24. The number of hydrogen-bond acceptors (Lipinski definition) is 2. The number of rotatable bonds is 2. The smallest absolute Gasteiger partial charge is 0.229 e. The molecule has 2 aliphatic heterocycles. The lowest BCUT2D eigenvalue weighted by molar-refractivity contribution is -0.137. The molecule has 0 bridgehead atoms. The average molecular weight is 258 g/mol. The van der Waals surface area contributed by atoms with E-state index < -0.39 is 0 Å². The SMILES string of the molecule is O=C1N(Cc2ccccc2)CCC12CCCNCC2. The highest BCUT2D eigenvalue weighted by atomic mass is 16.2. The van der Waals surface area contributed by atoms with Crippen molar-refractivity contribution in [1.29, 1.82) is 0 Å². The van der Waals surface area contributed by atoms with Crippen LogP contribution in [0, 0.1) is 5.41 Å². The van der Waals surface area contributed by atoms with Crippen molar-refractivity contribution in [2.45, 2.75) is 32.2 Å². The van der Waals surface area contributed by atoms with E-state index in [9.17, 15) is 4.79 Å². The molecule has 1 unspecified atom stereocenters.